The minimum atomic E-state index is 0.412. The molecule has 0 unspecified atom stereocenters. The van der Waals surface area contributed by atoms with Crippen molar-refractivity contribution < 1.29 is 0 Å². The van der Waals surface area contributed by atoms with Crippen molar-refractivity contribution in [1.29, 1.82) is 5.41 Å². The van der Waals surface area contributed by atoms with Crippen molar-refractivity contribution >= 4 is 5.96 Å². The normalized spacial score (nSPS) is 8.22. The average molecular weight is 127 g/mol. The number of hydrogen-bond donors (Lipinski definition) is 2. The highest BCUT2D eigenvalue weighted by molar-refractivity contribution is 5.76. The van der Waals surface area contributed by atoms with Gasteiger partial charge in [-0.05, 0) is 0 Å². The van der Waals surface area contributed by atoms with Crippen LogP contribution >= 0.6 is 0 Å². The topological polar surface area (TPSA) is 39.1 Å². The zero-order valence-electron chi connectivity index (χ0n) is 5.94. The maximum absolute atomic E-state index is 7.21. The highest BCUT2D eigenvalue weighted by atomic mass is 15.2. The van der Waals surface area contributed by atoms with E-state index in [0.29, 0.717) is 12.5 Å². The third kappa shape index (κ3) is 2.74. The van der Waals surface area contributed by atoms with Crippen LogP contribution in [0.15, 0.2) is 12.7 Å². The fourth-order valence-corrected chi connectivity index (χ4v) is 0.476. The van der Waals surface area contributed by atoms with Crippen molar-refractivity contribution in [2.45, 2.75) is 0 Å². The first kappa shape index (κ1) is 8.01. The summed E-state index contributed by atoms with van der Waals surface area (Å²) in [5.74, 6) is 0.412. The molecular formula is C6H13N3. The maximum Gasteiger partial charge on any atom is 0.190 e. The summed E-state index contributed by atoms with van der Waals surface area (Å²) in [7, 11) is 3.56. The van der Waals surface area contributed by atoms with E-state index in [4.69, 9.17) is 5.41 Å². The first-order valence-corrected chi connectivity index (χ1v) is 2.80. The van der Waals surface area contributed by atoms with Gasteiger partial charge in [-0.25, -0.2) is 0 Å². The molecule has 0 saturated heterocycles. The fourth-order valence-electron chi connectivity index (χ4n) is 0.476. The van der Waals surface area contributed by atoms with Crippen LogP contribution in [0.3, 0.4) is 0 Å². The van der Waals surface area contributed by atoms with E-state index in [2.05, 4.69) is 11.9 Å². The monoisotopic (exact) mass is 127 g/mol. The highest BCUT2D eigenvalue weighted by Crippen LogP contribution is 1.79. The Labute approximate surface area is 55.9 Å². The van der Waals surface area contributed by atoms with Crippen LogP contribution in [0.4, 0.5) is 0 Å². The van der Waals surface area contributed by atoms with Gasteiger partial charge in [0.15, 0.2) is 5.96 Å². The molecule has 0 heterocycles. The van der Waals surface area contributed by atoms with Crippen LogP contribution in [0.25, 0.3) is 0 Å². The third-order valence-electron chi connectivity index (χ3n) is 1.02. The lowest BCUT2D eigenvalue weighted by Crippen LogP contribution is -2.35. The fraction of sp³-hybridized carbons (Fsp3) is 0.500. The molecular weight excluding hydrogens is 114 g/mol. The molecule has 52 valence electrons. The molecule has 2 N–H and O–H groups in total. The Hall–Kier alpha value is -0.990. The minimum Gasteiger partial charge on any atom is -0.359 e. The Morgan fingerprint density at radius 1 is 1.89 bits per heavy atom. The molecule has 0 atom stereocenters. The van der Waals surface area contributed by atoms with E-state index < -0.39 is 0 Å². The van der Waals surface area contributed by atoms with Crippen LogP contribution in [0.1, 0.15) is 0 Å². The van der Waals surface area contributed by atoms with E-state index in [1.807, 2.05) is 7.05 Å². The second kappa shape index (κ2) is 3.95. The van der Waals surface area contributed by atoms with Gasteiger partial charge in [0.25, 0.3) is 0 Å². The van der Waals surface area contributed by atoms with Crippen LogP contribution in [0.2, 0.25) is 0 Å². The molecule has 3 heteroatoms. The summed E-state index contributed by atoms with van der Waals surface area (Å²) in [4.78, 5) is 1.76. The number of guanidine groups is 1. The average Bonchev–Trinajstić information content (AvgIpc) is 1.87. The van der Waals surface area contributed by atoms with E-state index in [-0.39, 0.29) is 0 Å². The van der Waals surface area contributed by atoms with Gasteiger partial charge >= 0.3 is 0 Å². The highest BCUT2D eigenvalue weighted by Gasteiger charge is 1.95. The number of hydrogen-bond acceptors (Lipinski definition) is 1. The molecule has 0 radical (unpaired) electrons. The quantitative estimate of drug-likeness (QED) is 0.317. The smallest absolute Gasteiger partial charge is 0.190 e. The molecule has 0 aliphatic carbocycles. The van der Waals surface area contributed by atoms with E-state index in [1.165, 1.54) is 0 Å². The number of rotatable bonds is 2. The van der Waals surface area contributed by atoms with Crippen LogP contribution < -0.4 is 5.32 Å². The first-order valence-electron chi connectivity index (χ1n) is 2.80. The molecule has 3 nitrogen and oxygen atoms in total. The molecule has 0 rings (SSSR count). The van der Waals surface area contributed by atoms with Gasteiger partial charge in [-0.1, -0.05) is 6.08 Å². The summed E-state index contributed by atoms with van der Waals surface area (Å²) in [6.45, 7) is 4.26. The van der Waals surface area contributed by atoms with E-state index in [9.17, 15) is 0 Å². The minimum absolute atomic E-state index is 0.412. The van der Waals surface area contributed by atoms with Gasteiger partial charge in [-0.15, -0.1) is 6.58 Å². The van der Waals surface area contributed by atoms with Gasteiger partial charge < -0.3 is 10.2 Å². The Kier molecular flexibility index (Phi) is 3.51. The van der Waals surface area contributed by atoms with Crippen molar-refractivity contribution in [3.05, 3.63) is 12.7 Å². The van der Waals surface area contributed by atoms with Crippen molar-refractivity contribution in [2.24, 2.45) is 0 Å². The number of nitrogens with one attached hydrogen (secondary N) is 2. The van der Waals surface area contributed by atoms with Crippen LogP contribution in [-0.4, -0.2) is 31.5 Å². The van der Waals surface area contributed by atoms with Crippen molar-refractivity contribution in [3.8, 4) is 0 Å². The molecule has 9 heavy (non-hydrogen) atoms. The summed E-state index contributed by atoms with van der Waals surface area (Å²) >= 11 is 0. The summed E-state index contributed by atoms with van der Waals surface area (Å²) in [6, 6.07) is 0. The summed E-state index contributed by atoms with van der Waals surface area (Å²) in [5, 5.41) is 9.92. The van der Waals surface area contributed by atoms with Gasteiger partial charge in [-0.2, -0.15) is 0 Å². The van der Waals surface area contributed by atoms with E-state index in [0.717, 1.165) is 0 Å². The largest absolute Gasteiger partial charge is 0.359 e. The molecule has 0 aromatic carbocycles. The van der Waals surface area contributed by atoms with Gasteiger partial charge in [0.2, 0.25) is 0 Å². The lowest BCUT2D eigenvalue weighted by molar-refractivity contribution is 0.539. The molecule has 0 spiro atoms. The molecule has 0 aliphatic heterocycles. The summed E-state index contributed by atoms with van der Waals surface area (Å²) in [6.07, 6.45) is 1.76. The van der Waals surface area contributed by atoms with Crippen molar-refractivity contribution in [3.63, 3.8) is 0 Å². The van der Waals surface area contributed by atoms with E-state index in [1.54, 1.807) is 18.0 Å². The Balaban J connectivity index is 3.58. The predicted molar refractivity (Wildman–Crippen MR) is 39.6 cm³/mol. The van der Waals surface area contributed by atoms with Crippen molar-refractivity contribution in [2.75, 3.05) is 20.6 Å². The van der Waals surface area contributed by atoms with Crippen molar-refractivity contribution in [1.82, 2.24) is 10.2 Å². The molecule has 0 aromatic heterocycles. The lowest BCUT2D eigenvalue weighted by Gasteiger charge is -2.16. The van der Waals surface area contributed by atoms with Crippen LogP contribution in [0.5, 0.6) is 0 Å². The second-order valence-electron chi connectivity index (χ2n) is 1.77. The Morgan fingerprint density at radius 2 is 2.44 bits per heavy atom. The predicted octanol–water partition coefficient (Wildman–Crippen LogP) is 0.258. The summed E-state index contributed by atoms with van der Waals surface area (Å²) < 4.78 is 0. The third-order valence-corrected chi connectivity index (χ3v) is 1.02. The zero-order chi connectivity index (χ0) is 7.28. The molecule has 0 saturated carbocycles. The standard InChI is InChI=1S/C6H13N3/c1-4-5-9(3)6(7)8-2/h4H,1,5H2,2-3H3,(H2,7,8). The van der Waals surface area contributed by atoms with E-state index >= 15 is 0 Å². The van der Waals surface area contributed by atoms with Crippen LogP contribution in [0, 0.1) is 5.41 Å². The van der Waals surface area contributed by atoms with Gasteiger partial charge in [0.1, 0.15) is 0 Å². The summed E-state index contributed by atoms with van der Waals surface area (Å²) in [5.41, 5.74) is 0. The first-order chi connectivity index (χ1) is 4.22. The van der Waals surface area contributed by atoms with Gasteiger partial charge in [0, 0.05) is 20.6 Å². The second-order valence-corrected chi connectivity index (χ2v) is 1.77. The number of nitrogens with zero attached hydrogens (tertiary/aromatic N) is 1. The van der Waals surface area contributed by atoms with Gasteiger partial charge in [-0.3, -0.25) is 5.41 Å². The van der Waals surface area contributed by atoms with Gasteiger partial charge in [0.05, 0.1) is 0 Å². The molecule has 0 fully saturated rings. The Bertz CT molecular complexity index is 109. The molecule has 0 aliphatic rings. The number of likely N-dealkylation sites (N-methyl/N-ethyl adjacent to an activating group) is 1. The van der Waals surface area contributed by atoms with Crippen LogP contribution in [-0.2, 0) is 0 Å². The molecule has 0 bridgehead atoms. The Morgan fingerprint density at radius 3 is 2.78 bits per heavy atom. The lowest BCUT2D eigenvalue weighted by atomic mass is 10.5. The molecule has 0 amide bonds. The zero-order valence-corrected chi connectivity index (χ0v) is 5.94. The maximum atomic E-state index is 7.21. The molecule has 0 aromatic rings. The SMILES string of the molecule is C=CCN(C)C(=N)NC.